The topological polar surface area (TPSA) is 0 Å². The van der Waals surface area contributed by atoms with Gasteiger partial charge in [-0.1, -0.05) is 62.6 Å². The van der Waals surface area contributed by atoms with E-state index in [1.54, 1.807) is 0 Å². The quantitative estimate of drug-likeness (QED) is 0.545. The molecule has 2 rings (SSSR count). The van der Waals surface area contributed by atoms with E-state index >= 15 is 0 Å². The Kier molecular flexibility index (Phi) is 5.83. The second-order valence-corrected chi connectivity index (χ2v) is 24.2. The highest BCUT2D eigenvalue weighted by atomic mass is 32.4. The van der Waals surface area contributed by atoms with Crippen molar-refractivity contribution < 1.29 is 0 Å². The summed E-state index contributed by atoms with van der Waals surface area (Å²) in [6.07, 6.45) is 0. The molecule has 0 radical (unpaired) electrons. The Bertz CT molecular complexity index is 502. The van der Waals surface area contributed by atoms with Gasteiger partial charge in [0.05, 0.1) is 0 Å². The zero-order valence-electron chi connectivity index (χ0n) is 13.3. The highest BCUT2D eigenvalue weighted by Crippen LogP contribution is 2.40. The molecule has 21 heavy (non-hydrogen) atoms. The molecule has 0 aliphatic rings. The number of rotatable bonds is 6. The van der Waals surface area contributed by atoms with Crippen LogP contribution in [0.5, 0.6) is 0 Å². The van der Waals surface area contributed by atoms with Crippen molar-refractivity contribution >= 4 is 36.9 Å². The SMILES string of the molecule is C[Si](C)(C[Si](C)(C)Sc1ccccc1)Sc1ccccc1. The molecule has 0 aliphatic heterocycles. The second-order valence-electron chi connectivity index (χ2n) is 6.53. The van der Waals surface area contributed by atoms with Gasteiger partial charge in [0.2, 0.25) is 0 Å². The normalized spacial score (nSPS) is 12.4. The van der Waals surface area contributed by atoms with Gasteiger partial charge in [0, 0.05) is 9.79 Å². The molecule has 0 saturated heterocycles. The molecule has 0 spiro atoms. The Balaban J connectivity index is 2.01. The molecule has 0 bridgehead atoms. The van der Waals surface area contributed by atoms with Gasteiger partial charge >= 0.3 is 0 Å². The Hall–Kier alpha value is -0.426. The number of benzene rings is 2. The molecule has 0 atom stereocenters. The number of hydrogen-bond donors (Lipinski definition) is 0. The average Bonchev–Trinajstić information content (AvgIpc) is 2.38. The first-order chi connectivity index (χ1) is 9.86. The van der Waals surface area contributed by atoms with Crippen LogP contribution in [-0.4, -0.2) is 14.4 Å². The molecular formula is C17H24S2Si2. The fourth-order valence-corrected chi connectivity index (χ4v) is 26.6. The highest BCUT2D eigenvalue weighted by molar-refractivity contribution is 8.32. The third-order valence-corrected chi connectivity index (χ3v) is 19.4. The summed E-state index contributed by atoms with van der Waals surface area (Å²) in [5.74, 6) is 0. The third kappa shape index (κ3) is 6.06. The molecule has 0 N–H and O–H groups in total. The average molecular weight is 349 g/mol. The van der Waals surface area contributed by atoms with Gasteiger partial charge in [0.15, 0.2) is 0 Å². The van der Waals surface area contributed by atoms with Crippen LogP contribution >= 0.6 is 22.4 Å². The van der Waals surface area contributed by atoms with Crippen LogP contribution in [-0.2, 0) is 0 Å². The summed E-state index contributed by atoms with van der Waals surface area (Å²) in [6, 6.07) is 21.8. The van der Waals surface area contributed by atoms with E-state index < -0.39 is 14.4 Å². The number of hydrogen-bond acceptors (Lipinski definition) is 2. The maximum atomic E-state index is 2.52. The van der Waals surface area contributed by atoms with Gasteiger partial charge in [-0.15, -0.1) is 0 Å². The van der Waals surface area contributed by atoms with E-state index in [4.69, 9.17) is 0 Å². The summed E-state index contributed by atoms with van der Waals surface area (Å²) >= 11 is 4.29. The van der Waals surface area contributed by atoms with Gasteiger partial charge in [0.25, 0.3) is 0 Å². The molecule has 0 heterocycles. The van der Waals surface area contributed by atoms with Gasteiger partial charge in [-0.3, -0.25) is 0 Å². The lowest BCUT2D eigenvalue weighted by Crippen LogP contribution is -2.35. The maximum Gasteiger partial charge on any atom is 0.115 e. The van der Waals surface area contributed by atoms with Crippen LogP contribution < -0.4 is 0 Å². The Morgan fingerprint density at radius 3 is 1.29 bits per heavy atom. The fourth-order valence-electron chi connectivity index (χ4n) is 2.71. The molecule has 0 nitrogen and oxygen atoms in total. The minimum absolute atomic E-state index is 1.28. The lowest BCUT2D eigenvalue weighted by atomic mass is 10.4. The molecule has 0 aliphatic carbocycles. The van der Waals surface area contributed by atoms with E-state index in [2.05, 4.69) is 109 Å². The van der Waals surface area contributed by atoms with E-state index in [0.29, 0.717) is 0 Å². The van der Waals surface area contributed by atoms with Crippen molar-refractivity contribution in [1.82, 2.24) is 0 Å². The van der Waals surface area contributed by atoms with E-state index in [1.165, 1.54) is 15.5 Å². The zero-order chi connectivity index (χ0) is 15.3. The van der Waals surface area contributed by atoms with Crippen molar-refractivity contribution in [1.29, 1.82) is 0 Å². The zero-order valence-corrected chi connectivity index (χ0v) is 16.9. The predicted octanol–water partition coefficient (Wildman–Crippen LogP) is 6.52. The summed E-state index contributed by atoms with van der Waals surface area (Å²) in [5, 5.41) is 0. The first-order valence-electron chi connectivity index (χ1n) is 7.34. The van der Waals surface area contributed by atoms with Gasteiger partial charge in [-0.25, -0.2) is 0 Å². The van der Waals surface area contributed by atoms with Crippen LogP contribution in [0.4, 0.5) is 0 Å². The summed E-state index contributed by atoms with van der Waals surface area (Å²) < 4.78 is 0. The van der Waals surface area contributed by atoms with Crippen LogP contribution in [0, 0.1) is 0 Å². The summed E-state index contributed by atoms with van der Waals surface area (Å²) in [5.41, 5.74) is 1.43. The molecule has 0 fully saturated rings. The van der Waals surface area contributed by atoms with Gasteiger partial charge in [0.1, 0.15) is 14.4 Å². The van der Waals surface area contributed by atoms with Crippen molar-refractivity contribution in [3.05, 3.63) is 60.7 Å². The largest absolute Gasteiger partial charge is 0.152 e. The monoisotopic (exact) mass is 348 g/mol. The van der Waals surface area contributed by atoms with Crippen LogP contribution in [0.3, 0.4) is 0 Å². The third-order valence-electron chi connectivity index (χ3n) is 3.13. The van der Waals surface area contributed by atoms with Crippen molar-refractivity contribution in [2.24, 2.45) is 0 Å². The van der Waals surface area contributed by atoms with Crippen LogP contribution in [0.15, 0.2) is 70.5 Å². The van der Waals surface area contributed by atoms with Crippen LogP contribution in [0.25, 0.3) is 0 Å². The van der Waals surface area contributed by atoms with Gasteiger partial charge < -0.3 is 0 Å². The smallest absolute Gasteiger partial charge is 0.115 e. The van der Waals surface area contributed by atoms with Crippen LogP contribution in [0.1, 0.15) is 0 Å². The van der Waals surface area contributed by atoms with E-state index in [0.717, 1.165) is 0 Å². The first-order valence-corrected chi connectivity index (χ1v) is 16.8. The second kappa shape index (κ2) is 7.22. The van der Waals surface area contributed by atoms with E-state index in [9.17, 15) is 0 Å². The minimum Gasteiger partial charge on any atom is -0.152 e. The van der Waals surface area contributed by atoms with Crippen molar-refractivity contribution in [2.45, 2.75) is 41.6 Å². The van der Waals surface area contributed by atoms with E-state index in [-0.39, 0.29) is 0 Å². The molecule has 0 aromatic heterocycles. The predicted molar refractivity (Wildman–Crippen MR) is 104 cm³/mol. The summed E-state index contributed by atoms with van der Waals surface area (Å²) in [4.78, 5) is 2.87. The lowest BCUT2D eigenvalue weighted by Gasteiger charge is -2.31. The molecule has 4 heteroatoms. The Morgan fingerprint density at radius 1 is 0.619 bits per heavy atom. The molecule has 2 aromatic carbocycles. The molecular weight excluding hydrogens is 324 g/mol. The van der Waals surface area contributed by atoms with E-state index in [1.807, 2.05) is 0 Å². The molecule has 112 valence electrons. The Labute approximate surface area is 139 Å². The van der Waals surface area contributed by atoms with Gasteiger partial charge in [-0.2, -0.15) is 22.4 Å². The summed E-state index contributed by atoms with van der Waals surface area (Å²) in [7, 11) is -2.55. The van der Waals surface area contributed by atoms with Crippen LogP contribution in [0.2, 0.25) is 31.9 Å². The molecule has 0 unspecified atom stereocenters. The maximum absolute atomic E-state index is 2.52. The standard InChI is InChI=1S/C17H24S2Si2/c1-20(2,18-16-11-7-5-8-12-16)15-21(3,4)19-17-13-9-6-10-14-17/h5-14H,15H2,1-4H3. The van der Waals surface area contributed by atoms with Crippen molar-refractivity contribution in [2.75, 3.05) is 0 Å². The minimum atomic E-state index is -1.28. The fraction of sp³-hybridized carbons (Fsp3) is 0.294. The summed E-state index contributed by atoms with van der Waals surface area (Å²) in [6.45, 7) is 10.1. The molecule has 0 amide bonds. The van der Waals surface area contributed by atoms with Crippen molar-refractivity contribution in [3.63, 3.8) is 0 Å². The highest BCUT2D eigenvalue weighted by Gasteiger charge is 2.34. The lowest BCUT2D eigenvalue weighted by molar-refractivity contribution is 1.47. The van der Waals surface area contributed by atoms with Gasteiger partial charge in [-0.05, 0) is 29.9 Å². The molecule has 2 aromatic rings. The Morgan fingerprint density at radius 2 is 0.952 bits per heavy atom. The first kappa shape index (κ1) is 16.9. The molecule has 0 saturated carbocycles. The van der Waals surface area contributed by atoms with Crippen molar-refractivity contribution in [3.8, 4) is 0 Å².